The summed E-state index contributed by atoms with van der Waals surface area (Å²) in [4.78, 5) is 11.4. The predicted molar refractivity (Wildman–Crippen MR) is 91.2 cm³/mol. The lowest BCUT2D eigenvalue weighted by Gasteiger charge is -2.09. The fourth-order valence-electron chi connectivity index (χ4n) is 2.00. The summed E-state index contributed by atoms with van der Waals surface area (Å²) in [6, 6.07) is 17.6. The molecule has 0 atom stereocenters. The second-order valence-electron chi connectivity index (χ2n) is 5.00. The first-order chi connectivity index (χ1) is 11.2. The van der Waals surface area contributed by atoms with Crippen molar-refractivity contribution in [3.8, 4) is 5.75 Å². The summed E-state index contributed by atoms with van der Waals surface area (Å²) in [5.74, 6) is 0.451. The Morgan fingerprint density at radius 2 is 1.78 bits per heavy atom. The lowest BCUT2D eigenvalue weighted by atomic mass is 10.2. The normalized spacial score (nSPS) is 11.0. The Morgan fingerprint density at radius 3 is 2.43 bits per heavy atom. The van der Waals surface area contributed by atoms with E-state index >= 15 is 0 Å². The number of hydrogen-bond acceptors (Lipinski definition) is 4. The fraction of sp³-hybridized carbons (Fsp3) is 0.211. The van der Waals surface area contributed by atoms with Gasteiger partial charge in [0.2, 0.25) is 0 Å². The molecule has 0 radical (unpaired) electrons. The van der Waals surface area contributed by atoms with E-state index in [1.165, 1.54) is 6.08 Å². The van der Waals surface area contributed by atoms with Crippen molar-refractivity contribution >= 4 is 11.7 Å². The fourth-order valence-corrected chi connectivity index (χ4v) is 2.00. The molecule has 23 heavy (non-hydrogen) atoms. The van der Waals surface area contributed by atoms with Crippen molar-refractivity contribution in [2.24, 2.45) is 0 Å². The molecule has 0 amide bonds. The summed E-state index contributed by atoms with van der Waals surface area (Å²) in [7, 11) is 0. The van der Waals surface area contributed by atoms with Gasteiger partial charge in [0, 0.05) is 17.5 Å². The molecule has 0 unspecified atom stereocenters. The lowest BCUT2D eigenvalue weighted by molar-refractivity contribution is -0.137. The summed E-state index contributed by atoms with van der Waals surface area (Å²) in [5.41, 5.74) is 2.74. The van der Waals surface area contributed by atoms with Gasteiger partial charge in [-0.25, -0.2) is 4.79 Å². The van der Waals surface area contributed by atoms with Crippen molar-refractivity contribution in [1.82, 2.24) is 0 Å². The molecule has 2 aromatic rings. The topological polar surface area (TPSA) is 47.6 Å². The maximum atomic E-state index is 11.4. The SMILES string of the molecule is CCOC(=O)C=C(C)Nc1ccc(OCc2ccccc2)cc1. The van der Waals surface area contributed by atoms with Crippen LogP contribution in [0.15, 0.2) is 66.4 Å². The van der Waals surface area contributed by atoms with E-state index in [1.807, 2.05) is 61.5 Å². The molecule has 4 heteroatoms. The maximum Gasteiger partial charge on any atom is 0.332 e. The van der Waals surface area contributed by atoms with Crippen LogP contribution in [0.3, 0.4) is 0 Å². The lowest BCUT2D eigenvalue weighted by Crippen LogP contribution is -2.04. The molecule has 0 aliphatic carbocycles. The third-order valence-electron chi connectivity index (χ3n) is 3.07. The monoisotopic (exact) mass is 311 g/mol. The Kier molecular flexibility index (Phi) is 6.24. The highest BCUT2D eigenvalue weighted by Crippen LogP contribution is 2.18. The van der Waals surface area contributed by atoms with Crippen LogP contribution in [0.5, 0.6) is 5.75 Å². The molecule has 0 spiro atoms. The van der Waals surface area contributed by atoms with Gasteiger partial charge in [0.05, 0.1) is 6.61 Å². The Labute approximate surface area is 136 Å². The zero-order valence-electron chi connectivity index (χ0n) is 13.4. The summed E-state index contributed by atoms with van der Waals surface area (Å²) in [5, 5.41) is 3.14. The first-order valence-electron chi connectivity index (χ1n) is 7.56. The molecule has 0 saturated carbocycles. The number of benzene rings is 2. The summed E-state index contributed by atoms with van der Waals surface area (Å²) < 4.78 is 10.6. The quantitative estimate of drug-likeness (QED) is 0.616. The van der Waals surface area contributed by atoms with E-state index in [9.17, 15) is 4.79 Å². The smallest absolute Gasteiger partial charge is 0.332 e. The molecule has 0 aromatic heterocycles. The molecule has 120 valence electrons. The second kappa shape index (κ2) is 8.63. The van der Waals surface area contributed by atoms with Gasteiger partial charge in [-0.3, -0.25) is 0 Å². The molecule has 2 aromatic carbocycles. The Bertz CT molecular complexity index is 648. The van der Waals surface area contributed by atoms with Crippen molar-refractivity contribution in [2.75, 3.05) is 11.9 Å². The van der Waals surface area contributed by atoms with E-state index in [-0.39, 0.29) is 5.97 Å². The van der Waals surface area contributed by atoms with Crippen LogP contribution in [0, 0.1) is 0 Å². The van der Waals surface area contributed by atoms with Gasteiger partial charge in [-0.1, -0.05) is 30.3 Å². The Hall–Kier alpha value is -2.75. The van der Waals surface area contributed by atoms with Gasteiger partial charge >= 0.3 is 5.97 Å². The summed E-state index contributed by atoms with van der Waals surface area (Å²) >= 11 is 0. The molecular weight excluding hydrogens is 290 g/mol. The number of anilines is 1. The highest BCUT2D eigenvalue weighted by Gasteiger charge is 2.00. The number of carbonyl (C=O) groups excluding carboxylic acids is 1. The van der Waals surface area contributed by atoms with Crippen LogP contribution in [0.2, 0.25) is 0 Å². The number of ether oxygens (including phenoxy) is 2. The summed E-state index contributed by atoms with van der Waals surface area (Å²) in [6.45, 7) is 4.50. The van der Waals surface area contributed by atoms with Gasteiger partial charge in [0.1, 0.15) is 12.4 Å². The van der Waals surface area contributed by atoms with Crippen molar-refractivity contribution in [1.29, 1.82) is 0 Å². The van der Waals surface area contributed by atoms with Crippen LogP contribution in [0.1, 0.15) is 19.4 Å². The van der Waals surface area contributed by atoms with Crippen molar-refractivity contribution in [2.45, 2.75) is 20.5 Å². The van der Waals surface area contributed by atoms with E-state index in [0.29, 0.717) is 13.2 Å². The Morgan fingerprint density at radius 1 is 1.09 bits per heavy atom. The highest BCUT2D eigenvalue weighted by atomic mass is 16.5. The third-order valence-corrected chi connectivity index (χ3v) is 3.07. The molecule has 0 fully saturated rings. The number of esters is 1. The molecule has 2 rings (SSSR count). The number of rotatable bonds is 7. The van der Waals surface area contributed by atoms with Crippen LogP contribution < -0.4 is 10.1 Å². The van der Waals surface area contributed by atoms with Gasteiger partial charge in [-0.15, -0.1) is 0 Å². The first-order valence-corrected chi connectivity index (χ1v) is 7.56. The number of allylic oxidation sites excluding steroid dienone is 1. The molecule has 0 aliphatic heterocycles. The summed E-state index contributed by atoms with van der Waals surface area (Å²) in [6.07, 6.45) is 1.43. The van der Waals surface area contributed by atoms with Gasteiger partial charge in [-0.05, 0) is 43.7 Å². The van der Waals surface area contributed by atoms with Gasteiger partial charge in [0.25, 0.3) is 0 Å². The third kappa shape index (κ3) is 5.87. The average Bonchev–Trinajstić information content (AvgIpc) is 2.55. The van der Waals surface area contributed by atoms with E-state index in [2.05, 4.69) is 5.32 Å². The van der Waals surface area contributed by atoms with Crippen molar-refractivity contribution in [3.63, 3.8) is 0 Å². The molecule has 0 bridgehead atoms. The zero-order chi connectivity index (χ0) is 16.5. The number of nitrogens with one attached hydrogen (secondary N) is 1. The molecule has 1 N–H and O–H groups in total. The predicted octanol–water partition coefficient (Wildman–Crippen LogP) is 4.14. The minimum Gasteiger partial charge on any atom is -0.489 e. The van der Waals surface area contributed by atoms with Gasteiger partial charge in [-0.2, -0.15) is 0 Å². The van der Waals surface area contributed by atoms with Gasteiger partial charge < -0.3 is 14.8 Å². The standard InChI is InChI=1S/C19H21NO3/c1-3-22-19(21)13-15(2)20-17-9-11-18(12-10-17)23-14-16-7-5-4-6-8-16/h4-13,20H,3,14H2,1-2H3. The maximum absolute atomic E-state index is 11.4. The van der Waals surface area contributed by atoms with Crippen LogP contribution in [0.4, 0.5) is 5.69 Å². The highest BCUT2D eigenvalue weighted by molar-refractivity contribution is 5.83. The van der Waals surface area contributed by atoms with E-state index in [4.69, 9.17) is 9.47 Å². The molecular formula is C19H21NO3. The Balaban J connectivity index is 1.88. The first kappa shape index (κ1) is 16.6. The minimum absolute atomic E-state index is 0.347. The molecule has 0 heterocycles. The van der Waals surface area contributed by atoms with E-state index < -0.39 is 0 Å². The second-order valence-corrected chi connectivity index (χ2v) is 5.00. The minimum atomic E-state index is -0.347. The number of hydrogen-bond donors (Lipinski definition) is 1. The van der Waals surface area contributed by atoms with Crippen LogP contribution in [-0.4, -0.2) is 12.6 Å². The van der Waals surface area contributed by atoms with Crippen molar-refractivity contribution < 1.29 is 14.3 Å². The zero-order valence-corrected chi connectivity index (χ0v) is 13.4. The van der Waals surface area contributed by atoms with Crippen LogP contribution in [0.25, 0.3) is 0 Å². The van der Waals surface area contributed by atoms with Gasteiger partial charge in [0.15, 0.2) is 0 Å². The number of carbonyl (C=O) groups is 1. The van der Waals surface area contributed by atoms with Crippen LogP contribution in [-0.2, 0) is 16.1 Å². The molecule has 0 aliphatic rings. The van der Waals surface area contributed by atoms with E-state index in [1.54, 1.807) is 6.92 Å². The average molecular weight is 311 g/mol. The van der Waals surface area contributed by atoms with Crippen LogP contribution >= 0.6 is 0 Å². The molecule has 4 nitrogen and oxygen atoms in total. The molecule has 0 saturated heterocycles. The largest absolute Gasteiger partial charge is 0.489 e. The van der Waals surface area contributed by atoms with Crippen molar-refractivity contribution in [3.05, 3.63) is 71.9 Å². The van der Waals surface area contributed by atoms with E-state index in [0.717, 1.165) is 22.7 Å².